The highest BCUT2D eigenvalue weighted by atomic mass is 127. The summed E-state index contributed by atoms with van der Waals surface area (Å²) < 4.78 is 41.0. The van der Waals surface area contributed by atoms with Gasteiger partial charge in [-0.2, -0.15) is 0 Å². The SMILES string of the molecule is Cl.N[C@H](c1ccc(OC(F)(F)F)cc1)c1ccccc1I. The van der Waals surface area contributed by atoms with Gasteiger partial charge in [-0.05, 0) is 51.9 Å². The molecule has 0 aliphatic carbocycles. The average molecular weight is 430 g/mol. The lowest BCUT2D eigenvalue weighted by atomic mass is 10.00. The molecule has 0 aliphatic rings. The van der Waals surface area contributed by atoms with Crippen molar-refractivity contribution < 1.29 is 17.9 Å². The van der Waals surface area contributed by atoms with Crippen molar-refractivity contribution in [2.24, 2.45) is 5.73 Å². The Kier molecular flexibility index (Phi) is 6.30. The number of hydrogen-bond acceptors (Lipinski definition) is 2. The molecule has 2 aromatic rings. The Balaban J connectivity index is 0.00000220. The Labute approximate surface area is 140 Å². The maximum Gasteiger partial charge on any atom is 0.573 e. The third-order valence-corrected chi connectivity index (χ3v) is 3.70. The van der Waals surface area contributed by atoms with Gasteiger partial charge >= 0.3 is 6.36 Å². The van der Waals surface area contributed by atoms with Crippen LogP contribution in [0.15, 0.2) is 48.5 Å². The van der Waals surface area contributed by atoms with Gasteiger partial charge in [0.1, 0.15) is 5.75 Å². The number of benzene rings is 2. The molecule has 21 heavy (non-hydrogen) atoms. The fraction of sp³-hybridized carbons (Fsp3) is 0.143. The highest BCUT2D eigenvalue weighted by molar-refractivity contribution is 14.1. The van der Waals surface area contributed by atoms with Crippen LogP contribution in [0.5, 0.6) is 5.75 Å². The molecule has 2 N–H and O–H groups in total. The maximum atomic E-state index is 12.1. The van der Waals surface area contributed by atoms with Crippen LogP contribution in [-0.2, 0) is 0 Å². The Morgan fingerprint density at radius 3 is 2.10 bits per heavy atom. The van der Waals surface area contributed by atoms with Crippen LogP contribution in [0.3, 0.4) is 0 Å². The first-order valence-corrected chi connectivity index (χ1v) is 6.80. The Hall–Kier alpha value is -0.990. The molecule has 2 rings (SSSR count). The van der Waals surface area contributed by atoms with Crippen LogP contribution in [0.1, 0.15) is 17.2 Å². The van der Waals surface area contributed by atoms with Crippen LogP contribution in [-0.4, -0.2) is 6.36 Å². The molecule has 1 atom stereocenters. The molecule has 0 unspecified atom stereocenters. The van der Waals surface area contributed by atoms with Gasteiger partial charge in [0.15, 0.2) is 0 Å². The quantitative estimate of drug-likeness (QED) is 0.721. The zero-order valence-corrected chi connectivity index (χ0v) is 13.6. The van der Waals surface area contributed by atoms with Gasteiger partial charge in [-0.15, -0.1) is 25.6 Å². The fourth-order valence-electron chi connectivity index (χ4n) is 1.78. The largest absolute Gasteiger partial charge is 0.573 e. The Morgan fingerprint density at radius 1 is 1.00 bits per heavy atom. The summed E-state index contributed by atoms with van der Waals surface area (Å²) in [6, 6.07) is 12.8. The van der Waals surface area contributed by atoms with E-state index in [0.29, 0.717) is 0 Å². The van der Waals surface area contributed by atoms with Crippen molar-refractivity contribution >= 4 is 35.0 Å². The van der Waals surface area contributed by atoms with Crippen molar-refractivity contribution in [1.82, 2.24) is 0 Å². The van der Waals surface area contributed by atoms with E-state index in [1.54, 1.807) is 0 Å². The van der Waals surface area contributed by atoms with E-state index in [4.69, 9.17) is 5.73 Å². The molecule has 0 aliphatic heterocycles. The predicted molar refractivity (Wildman–Crippen MR) is 85.6 cm³/mol. The molecule has 114 valence electrons. The van der Waals surface area contributed by atoms with Crippen molar-refractivity contribution in [3.8, 4) is 5.75 Å². The minimum Gasteiger partial charge on any atom is -0.406 e. The van der Waals surface area contributed by atoms with Crippen LogP contribution in [0.25, 0.3) is 0 Å². The van der Waals surface area contributed by atoms with Crippen LogP contribution < -0.4 is 10.5 Å². The number of ether oxygens (including phenoxy) is 1. The van der Waals surface area contributed by atoms with Crippen molar-refractivity contribution in [3.05, 3.63) is 63.2 Å². The van der Waals surface area contributed by atoms with E-state index in [2.05, 4.69) is 27.3 Å². The molecular formula is C14H12ClF3INO. The summed E-state index contributed by atoms with van der Waals surface area (Å²) in [4.78, 5) is 0. The van der Waals surface area contributed by atoms with Gasteiger partial charge in [-0.3, -0.25) is 0 Å². The average Bonchev–Trinajstić information content (AvgIpc) is 2.37. The summed E-state index contributed by atoms with van der Waals surface area (Å²) in [5.74, 6) is -0.254. The van der Waals surface area contributed by atoms with Gasteiger partial charge in [0, 0.05) is 3.57 Å². The molecule has 2 aromatic carbocycles. The zero-order chi connectivity index (χ0) is 14.8. The standard InChI is InChI=1S/C14H11F3INO.ClH/c15-14(16,17)20-10-7-5-9(6-8-10)13(19)11-3-1-2-4-12(11)18;/h1-8,13H,19H2;1H/t13-;/m1./s1. The summed E-state index contributed by atoms with van der Waals surface area (Å²) >= 11 is 2.17. The van der Waals surface area contributed by atoms with Crippen LogP contribution in [0, 0.1) is 3.57 Å². The number of alkyl halides is 3. The van der Waals surface area contributed by atoms with E-state index in [0.717, 1.165) is 14.7 Å². The molecule has 0 bridgehead atoms. The summed E-state index contributed by atoms with van der Waals surface area (Å²) in [5, 5.41) is 0. The summed E-state index contributed by atoms with van der Waals surface area (Å²) in [5.41, 5.74) is 7.78. The van der Waals surface area contributed by atoms with Crippen molar-refractivity contribution in [3.63, 3.8) is 0 Å². The molecule has 0 spiro atoms. The van der Waals surface area contributed by atoms with Crippen LogP contribution in [0.2, 0.25) is 0 Å². The van der Waals surface area contributed by atoms with Gasteiger partial charge in [0.25, 0.3) is 0 Å². The van der Waals surface area contributed by atoms with E-state index < -0.39 is 6.36 Å². The van der Waals surface area contributed by atoms with Crippen LogP contribution in [0.4, 0.5) is 13.2 Å². The van der Waals surface area contributed by atoms with Gasteiger partial charge in [-0.1, -0.05) is 30.3 Å². The third kappa shape index (κ3) is 5.05. The smallest absolute Gasteiger partial charge is 0.406 e. The van der Waals surface area contributed by atoms with E-state index in [1.165, 1.54) is 24.3 Å². The van der Waals surface area contributed by atoms with E-state index in [1.807, 2.05) is 24.3 Å². The lowest BCUT2D eigenvalue weighted by Gasteiger charge is -2.15. The monoisotopic (exact) mass is 429 g/mol. The van der Waals surface area contributed by atoms with E-state index in [9.17, 15) is 13.2 Å². The second kappa shape index (κ2) is 7.33. The van der Waals surface area contributed by atoms with Gasteiger partial charge < -0.3 is 10.5 Å². The molecule has 0 saturated heterocycles. The lowest BCUT2D eigenvalue weighted by molar-refractivity contribution is -0.274. The molecule has 0 saturated carbocycles. The second-order valence-electron chi connectivity index (χ2n) is 4.12. The Bertz CT molecular complexity index is 590. The minimum absolute atomic E-state index is 0. The van der Waals surface area contributed by atoms with Crippen molar-refractivity contribution in [2.75, 3.05) is 0 Å². The molecule has 0 aromatic heterocycles. The van der Waals surface area contributed by atoms with Crippen LogP contribution >= 0.6 is 35.0 Å². The predicted octanol–water partition coefficient (Wildman–Crippen LogP) is 4.66. The highest BCUT2D eigenvalue weighted by Crippen LogP contribution is 2.27. The van der Waals surface area contributed by atoms with Gasteiger partial charge in [0.05, 0.1) is 6.04 Å². The fourth-order valence-corrected chi connectivity index (χ4v) is 2.51. The van der Waals surface area contributed by atoms with E-state index >= 15 is 0 Å². The van der Waals surface area contributed by atoms with Gasteiger partial charge in [0.2, 0.25) is 0 Å². The maximum absolute atomic E-state index is 12.1. The summed E-state index contributed by atoms with van der Waals surface area (Å²) in [6.07, 6.45) is -4.68. The van der Waals surface area contributed by atoms with Gasteiger partial charge in [-0.25, -0.2) is 0 Å². The molecular weight excluding hydrogens is 418 g/mol. The Morgan fingerprint density at radius 2 is 1.57 bits per heavy atom. The van der Waals surface area contributed by atoms with Crippen molar-refractivity contribution in [2.45, 2.75) is 12.4 Å². The molecule has 2 nitrogen and oxygen atoms in total. The third-order valence-electron chi connectivity index (χ3n) is 2.71. The molecule has 0 amide bonds. The topological polar surface area (TPSA) is 35.2 Å². The summed E-state index contributed by atoms with van der Waals surface area (Å²) in [6.45, 7) is 0. The molecule has 7 heteroatoms. The number of halogens is 5. The molecule has 0 fully saturated rings. The first kappa shape index (κ1) is 18.1. The van der Waals surface area contributed by atoms with E-state index in [-0.39, 0.29) is 24.2 Å². The van der Waals surface area contributed by atoms with Crippen molar-refractivity contribution in [1.29, 1.82) is 0 Å². The first-order chi connectivity index (χ1) is 9.37. The minimum atomic E-state index is -4.68. The number of hydrogen-bond donors (Lipinski definition) is 1. The number of rotatable bonds is 3. The zero-order valence-electron chi connectivity index (χ0n) is 10.6. The second-order valence-corrected chi connectivity index (χ2v) is 5.28. The summed E-state index contributed by atoms with van der Waals surface area (Å²) in [7, 11) is 0. The molecule has 0 heterocycles. The lowest BCUT2D eigenvalue weighted by Crippen LogP contribution is -2.17. The highest BCUT2D eigenvalue weighted by Gasteiger charge is 2.31. The molecule has 0 radical (unpaired) electrons. The number of nitrogens with two attached hydrogens (primary N) is 1. The normalized spacial score (nSPS) is 12.4. The first-order valence-electron chi connectivity index (χ1n) is 5.72.